The van der Waals surface area contributed by atoms with E-state index in [4.69, 9.17) is 20.9 Å². The van der Waals surface area contributed by atoms with Crippen molar-refractivity contribution in [2.24, 2.45) is 5.73 Å². The number of nitrogen functional groups attached to an aromatic ring is 1. The van der Waals surface area contributed by atoms with Crippen molar-refractivity contribution >= 4 is 5.69 Å². The number of hydrogen-bond acceptors (Lipinski definition) is 4. The lowest BCUT2D eigenvalue weighted by Crippen LogP contribution is -2.43. The zero-order valence-corrected chi connectivity index (χ0v) is 9.75. The highest BCUT2D eigenvalue weighted by Crippen LogP contribution is 2.43. The van der Waals surface area contributed by atoms with Crippen LogP contribution in [0.2, 0.25) is 0 Å². The standard InChI is InChI=1S/C12H18N2O2/c1-15-9-6-8(12(14)4-3-5-12)7-10(16-2)11(9)13/h6-7H,3-5,13-14H2,1-2H3. The molecule has 1 aliphatic carbocycles. The Hall–Kier alpha value is -1.42. The molecule has 1 fully saturated rings. The lowest BCUT2D eigenvalue weighted by Gasteiger charge is -2.39. The molecule has 0 amide bonds. The van der Waals surface area contributed by atoms with Gasteiger partial charge in [0.1, 0.15) is 17.2 Å². The largest absolute Gasteiger partial charge is 0.494 e. The maximum Gasteiger partial charge on any atom is 0.145 e. The summed E-state index contributed by atoms with van der Waals surface area (Å²) in [6, 6.07) is 3.83. The van der Waals surface area contributed by atoms with Gasteiger partial charge < -0.3 is 20.9 Å². The molecule has 4 nitrogen and oxygen atoms in total. The molecule has 0 bridgehead atoms. The fraction of sp³-hybridized carbons (Fsp3) is 0.500. The molecule has 4 heteroatoms. The van der Waals surface area contributed by atoms with E-state index in [-0.39, 0.29) is 5.54 Å². The van der Waals surface area contributed by atoms with E-state index in [0.717, 1.165) is 18.4 Å². The quantitative estimate of drug-likeness (QED) is 0.762. The maximum absolute atomic E-state index is 6.27. The van der Waals surface area contributed by atoms with Gasteiger partial charge in [0.2, 0.25) is 0 Å². The van der Waals surface area contributed by atoms with Gasteiger partial charge in [-0.1, -0.05) is 0 Å². The van der Waals surface area contributed by atoms with Gasteiger partial charge in [0.25, 0.3) is 0 Å². The van der Waals surface area contributed by atoms with Gasteiger partial charge in [-0.15, -0.1) is 0 Å². The Morgan fingerprint density at radius 2 is 1.62 bits per heavy atom. The number of benzene rings is 1. The van der Waals surface area contributed by atoms with Crippen LogP contribution < -0.4 is 20.9 Å². The fourth-order valence-corrected chi connectivity index (χ4v) is 2.07. The molecule has 0 saturated heterocycles. The average molecular weight is 222 g/mol. The van der Waals surface area contributed by atoms with Crippen LogP contribution in [0.1, 0.15) is 24.8 Å². The van der Waals surface area contributed by atoms with E-state index in [1.807, 2.05) is 12.1 Å². The van der Waals surface area contributed by atoms with Gasteiger partial charge in [0.15, 0.2) is 0 Å². The molecule has 1 aromatic carbocycles. The van der Waals surface area contributed by atoms with Crippen LogP contribution in [0, 0.1) is 0 Å². The normalized spacial score (nSPS) is 17.7. The number of anilines is 1. The average Bonchev–Trinajstić information content (AvgIpc) is 2.26. The fourth-order valence-electron chi connectivity index (χ4n) is 2.07. The van der Waals surface area contributed by atoms with E-state index in [9.17, 15) is 0 Å². The molecule has 0 heterocycles. The van der Waals surface area contributed by atoms with E-state index < -0.39 is 0 Å². The zero-order valence-electron chi connectivity index (χ0n) is 9.75. The van der Waals surface area contributed by atoms with Crippen LogP contribution in [0.15, 0.2) is 12.1 Å². The molecule has 0 unspecified atom stereocenters. The first kappa shape index (κ1) is 11.1. The molecule has 4 N–H and O–H groups in total. The summed E-state index contributed by atoms with van der Waals surface area (Å²) < 4.78 is 10.5. The summed E-state index contributed by atoms with van der Waals surface area (Å²) in [5.41, 5.74) is 13.5. The molecule has 1 aromatic rings. The van der Waals surface area contributed by atoms with Gasteiger partial charge in [0, 0.05) is 5.54 Å². The van der Waals surface area contributed by atoms with Gasteiger partial charge in [0.05, 0.1) is 14.2 Å². The SMILES string of the molecule is COc1cc(C2(N)CCC2)cc(OC)c1N. The van der Waals surface area contributed by atoms with Gasteiger partial charge in [-0.05, 0) is 37.0 Å². The molecule has 2 rings (SSSR count). The molecule has 88 valence electrons. The first-order chi connectivity index (χ1) is 7.60. The third-order valence-corrected chi connectivity index (χ3v) is 3.36. The lowest BCUT2D eigenvalue weighted by atomic mass is 9.72. The van der Waals surface area contributed by atoms with E-state index >= 15 is 0 Å². The summed E-state index contributed by atoms with van der Waals surface area (Å²) in [7, 11) is 3.19. The van der Waals surface area contributed by atoms with Crippen LogP contribution in [0.3, 0.4) is 0 Å². The van der Waals surface area contributed by atoms with Gasteiger partial charge in [-0.2, -0.15) is 0 Å². The van der Waals surface area contributed by atoms with Crippen molar-refractivity contribution in [3.05, 3.63) is 17.7 Å². The molecule has 16 heavy (non-hydrogen) atoms. The second kappa shape index (κ2) is 3.87. The number of nitrogens with two attached hydrogens (primary N) is 2. The van der Waals surface area contributed by atoms with Gasteiger partial charge >= 0.3 is 0 Å². The summed E-state index contributed by atoms with van der Waals surface area (Å²) in [6.45, 7) is 0. The highest BCUT2D eigenvalue weighted by molar-refractivity contribution is 5.65. The number of hydrogen-bond donors (Lipinski definition) is 2. The Balaban J connectivity index is 2.46. The van der Waals surface area contributed by atoms with Gasteiger partial charge in [-0.3, -0.25) is 0 Å². The first-order valence-electron chi connectivity index (χ1n) is 5.41. The van der Waals surface area contributed by atoms with Crippen LogP contribution in [0.25, 0.3) is 0 Å². The summed E-state index contributed by atoms with van der Waals surface area (Å²) in [4.78, 5) is 0. The Morgan fingerprint density at radius 3 is 1.94 bits per heavy atom. The number of rotatable bonds is 3. The highest BCUT2D eigenvalue weighted by Gasteiger charge is 2.35. The van der Waals surface area contributed by atoms with Crippen LogP contribution >= 0.6 is 0 Å². The van der Waals surface area contributed by atoms with E-state index in [1.165, 1.54) is 6.42 Å². The number of methoxy groups -OCH3 is 2. The first-order valence-corrected chi connectivity index (χ1v) is 5.41. The summed E-state index contributed by atoms with van der Waals surface area (Å²) in [6.07, 6.45) is 3.18. The second-order valence-electron chi connectivity index (χ2n) is 4.30. The molecular weight excluding hydrogens is 204 g/mol. The van der Waals surface area contributed by atoms with Gasteiger partial charge in [-0.25, -0.2) is 0 Å². The van der Waals surface area contributed by atoms with Crippen molar-refractivity contribution in [1.82, 2.24) is 0 Å². The molecule has 0 aromatic heterocycles. The minimum Gasteiger partial charge on any atom is -0.494 e. The predicted molar refractivity (Wildman–Crippen MR) is 63.7 cm³/mol. The maximum atomic E-state index is 6.27. The minimum atomic E-state index is -0.228. The van der Waals surface area contributed by atoms with E-state index in [2.05, 4.69) is 0 Å². The minimum absolute atomic E-state index is 0.228. The molecule has 0 atom stereocenters. The highest BCUT2D eigenvalue weighted by atomic mass is 16.5. The van der Waals surface area contributed by atoms with Crippen molar-refractivity contribution in [3.8, 4) is 11.5 Å². The summed E-state index contributed by atoms with van der Waals surface area (Å²) in [5.74, 6) is 1.26. The van der Waals surface area contributed by atoms with Crippen molar-refractivity contribution in [1.29, 1.82) is 0 Å². The van der Waals surface area contributed by atoms with Crippen molar-refractivity contribution in [3.63, 3.8) is 0 Å². The molecule has 0 spiro atoms. The lowest BCUT2D eigenvalue weighted by molar-refractivity contribution is 0.251. The Labute approximate surface area is 95.5 Å². The third-order valence-electron chi connectivity index (χ3n) is 3.36. The Morgan fingerprint density at radius 1 is 1.12 bits per heavy atom. The number of ether oxygens (including phenoxy) is 2. The Kier molecular flexibility index (Phi) is 2.68. The third kappa shape index (κ3) is 1.59. The summed E-state index contributed by atoms with van der Waals surface area (Å²) in [5, 5.41) is 0. The molecular formula is C12H18N2O2. The van der Waals surface area contributed by atoms with Crippen molar-refractivity contribution in [2.75, 3.05) is 20.0 Å². The monoisotopic (exact) mass is 222 g/mol. The van der Waals surface area contributed by atoms with Crippen LogP contribution in [-0.2, 0) is 5.54 Å². The van der Waals surface area contributed by atoms with E-state index in [1.54, 1.807) is 14.2 Å². The van der Waals surface area contributed by atoms with Crippen LogP contribution in [0.5, 0.6) is 11.5 Å². The van der Waals surface area contributed by atoms with Crippen molar-refractivity contribution < 1.29 is 9.47 Å². The predicted octanol–water partition coefficient (Wildman–Crippen LogP) is 1.62. The van der Waals surface area contributed by atoms with Crippen LogP contribution in [-0.4, -0.2) is 14.2 Å². The molecule has 0 aliphatic heterocycles. The van der Waals surface area contributed by atoms with Crippen LogP contribution in [0.4, 0.5) is 5.69 Å². The molecule has 1 saturated carbocycles. The smallest absolute Gasteiger partial charge is 0.145 e. The Bertz CT molecular complexity index is 375. The van der Waals surface area contributed by atoms with E-state index in [0.29, 0.717) is 17.2 Å². The van der Waals surface area contributed by atoms with Crippen molar-refractivity contribution in [2.45, 2.75) is 24.8 Å². The molecule has 0 radical (unpaired) electrons. The topological polar surface area (TPSA) is 70.5 Å². The zero-order chi connectivity index (χ0) is 11.8. The summed E-state index contributed by atoms with van der Waals surface area (Å²) >= 11 is 0. The molecule has 1 aliphatic rings. The second-order valence-corrected chi connectivity index (χ2v) is 4.30.